The van der Waals surface area contributed by atoms with E-state index in [1.54, 1.807) is 6.92 Å². The molecular weight excluding hydrogens is 296 g/mol. The van der Waals surface area contributed by atoms with Gasteiger partial charge in [0.1, 0.15) is 11.3 Å². The highest BCUT2D eigenvalue weighted by molar-refractivity contribution is 6.34. The Balaban J connectivity index is 2.92. The van der Waals surface area contributed by atoms with Gasteiger partial charge >= 0.3 is 12.0 Å². The van der Waals surface area contributed by atoms with Crippen LogP contribution in [0.25, 0.3) is 0 Å². The second kappa shape index (κ2) is 7.41. The summed E-state index contributed by atoms with van der Waals surface area (Å²) in [5.74, 6) is 1.35. The van der Waals surface area contributed by atoms with E-state index in [1.807, 2.05) is 0 Å². The van der Waals surface area contributed by atoms with Crippen LogP contribution < -0.4 is 15.4 Å². The molecule has 0 aliphatic carbocycles. The number of ether oxygens (including phenoxy) is 1. The highest BCUT2D eigenvalue weighted by atomic mass is 35.5. The summed E-state index contributed by atoms with van der Waals surface area (Å²) in [5, 5.41) is 14.2. The smallest absolute Gasteiger partial charge is 0.339 e. The number of benzene rings is 1. The quantitative estimate of drug-likeness (QED) is 0.729. The number of urea groups is 1. The van der Waals surface area contributed by atoms with E-state index in [0.29, 0.717) is 6.42 Å². The lowest BCUT2D eigenvalue weighted by Gasteiger charge is -2.14. The van der Waals surface area contributed by atoms with Gasteiger partial charge in [0.2, 0.25) is 0 Å². The maximum absolute atomic E-state index is 11.8. The largest absolute Gasteiger partial charge is 0.496 e. The molecule has 0 heterocycles. The molecule has 1 aromatic rings. The molecule has 0 saturated heterocycles. The molecule has 2 amide bonds. The molecule has 0 saturated carbocycles. The average molecular weight is 311 g/mol. The first-order chi connectivity index (χ1) is 9.88. The zero-order valence-electron chi connectivity index (χ0n) is 11.6. The van der Waals surface area contributed by atoms with Gasteiger partial charge in [0.15, 0.2) is 0 Å². The molecule has 0 radical (unpaired) electrons. The van der Waals surface area contributed by atoms with Crippen LogP contribution in [-0.2, 0) is 0 Å². The number of carboxylic acids is 1. The van der Waals surface area contributed by atoms with Gasteiger partial charge in [0.05, 0.1) is 17.8 Å². The summed E-state index contributed by atoms with van der Waals surface area (Å²) in [7, 11) is 1.33. The normalized spacial score (nSPS) is 11.1. The van der Waals surface area contributed by atoms with E-state index in [4.69, 9.17) is 27.9 Å². The first-order valence-corrected chi connectivity index (χ1v) is 6.38. The van der Waals surface area contributed by atoms with Gasteiger partial charge in [0, 0.05) is 18.5 Å². The number of hydrogen-bond acceptors (Lipinski definition) is 3. The van der Waals surface area contributed by atoms with E-state index < -0.39 is 12.0 Å². The lowest BCUT2D eigenvalue weighted by atomic mass is 10.2. The van der Waals surface area contributed by atoms with Crippen LogP contribution in [-0.4, -0.2) is 30.3 Å². The third-order valence-electron chi connectivity index (χ3n) is 2.57. The first-order valence-electron chi connectivity index (χ1n) is 6.00. The van der Waals surface area contributed by atoms with E-state index in [9.17, 15) is 9.59 Å². The molecule has 1 atom stereocenters. The number of carbonyl (C=O) groups excluding carboxylic acids is 1. The zero-order chi connectivity index (χ0) is 16.0. The first kappa shape index (κ1) is 16.7. The van der Waals surface area contributed by atoms with Gasteiger partial charge in [0.25, 0.3) is 0 Å². The molecule has 6 nitrogen and oxygen atoms in total. The lowest BCUT2D eigenvalue weighted by Crippen LogP contribution is -2.35. The summed E-state index contributed by atoms with van der Waals surface area (Å²) >= 11 is 5.95. The third-order valence-corrected chi connectivity index (χ3v) is 2.88. The Morgan fingerprint density at radius 2 is 2.19 bits per heavy atom. The molecule has 1 aromatic carbocycles. The molecule has 0 bridgehead atoms. The van der Waals surface area contributed by atoms with E-state index >= 15 is 0 Å². The SMILES string of the molecule is C#CCC(C)NC(=O)Nc1cc(OC)c(C(=O)O)cc1Cl. The Morgan fingerprint density at radius 1 is 1.52 bits per heavy atom. The predicted molar refractivity (Wildman–Crippen MR) is 80.0 cm³/mol. The zero-order valence-corrected chi connectivity index (χ0v) is 12.3. The highest BCUT2D eigenvalue weighted by Crippen LogP contribution is 2.30. The van der Waals surface area contributed by atoms with Gasteiger partial charge in [-0.05, 0) is 13.0 Å². The number of terminal acetylenes is 1. The average Bonchev–Trinajstić information content (AvgIpc) is 2.40. The van der Waals surface area contributed by atoms with Crippen molar-refractivity contribution in [1.82, 2.24) is 5.32 Å². The Bertz CT molecular complexity index is 595. The van der Waals surface area contributed by atoms with Crippen molar-refractivity contribution in [3.8, 4) is 18.1 Å². The molecule has 1 unspecified atom stereocenters. The fraction of sp³-hybridized carbons (Fsp3) is 0.286. The number of carbonyl (C=O) groups is 2. The molecule has 7 heteroatoms. The molecule has 1 rings (SSSR count). The number of methoxy groups -OCH3 is 1. The number of hydrogen-bond donors (Lipinski definition) is 3. The van der Waals surface area contributed by atoms with E-state index in [1.165, 1.54) is 19.2 Å². The fourth-order valence-electron chi connectivity index (χ4n) is 1.60. The Hall–Kier alpha value is -2.39. The van der Waals surface area contributed by atoms with E-state index in [-0.39, 0.29) is 28.1 Å². The van der Waals surface area contributed by atoms with Crippen LogP contribution in [0.2, 0.25) is 5.02 Å². The molecule has 0 fully saturated rings. The molecule has 3 N–H and O–H groups in total. The Kier molecular flexibility index (Phi) is 5.88. The number of carboxylic acid groups (broad SMARTS) is 1. The minimum atomic E-state index is -1.17. The molecule has 0 aromatic heterocycles. The van der Waals surface area contributed by atoms with Crippen LogP contribution in [0.1, 0.15) is 23.7 Å². The summed E-state index contributed by atoms with van der Waals surface area (Å²) < 4.78 is 4.97. The predicted octanol–water partition coefficient (Wildman–Crippen LogP) is 2.58. The van der Waals surface area contributed by atoms with Crippen molar-refractivity contribution in [3.05, 3.63) is 22.7 Å². The summed E-state index contributed by atoms with van der Waals surface area (Å²) in [4.78, 5) is 22.8. The standard InChI is InChI=1S/C14H15ClN2O4/c1-4-5-8(2)16-14(20)17-11-7-12(21-3)9(13(18)19)6-10(11)15/h1,6-8H,5H2,2-3H3,(H,18,19)(H2,16,17,20). The molecule has 0 spiro atoms. The van der Waals surface area contributed by atoms with Crippen molar-refractivity contribution < 1.29 is 19.4 Å². The maximum Gasteiger partial charge on any atom is 0.339 e. The molecule has 0 aliphatic heterocycles. The van der Waals surface area contributed by atoms with Crippen molar-refractivity contribution in [2.24, 2.45) is 0 Å². The molecule has 21 heavy (non-hydrogen) atoms. The van der Waals surface area contributed by atoms with E-state index in [2.05, 4.69) is 16.6 Å². The van der Waals surface area contributed by atoms with Gasteiger partial charge in [-0.1, -0.05) is 11.6 Å². The monoisotopic (exact) mass is 310 g/mol. The minimum Gasteiger partial charge on any atom is -0.496 e. The lowest BCUT2D eigenvalue weighted by molar-refractivity contribution is 0.0693. The second-order valence-electron chi connectivity index (χ2n) is 4.25. The summed E-state index contributed by atoms with van der Waals surface area (Å²) in [5.41, 5.74) is 0.151. The number of amides is 2. The summed E-state index contributed by atoms with van der Waals surface area (Å²) in [6.45, 7) is 1.76. The van der Waals surface area contributed by atoms with Gasteiger partial charge in [-0.2, -0.15) is 0 Å². The van der Waals surface area contributed by atoms with Crippen molar-refractivity contribution in [2.45, 2.75) is 19.4 Å². The third kappa shape index (κ3) is 4.58. The number of aromatic carboxylic acids is 1. The van der Waals surface area contributed by atoms with Crippen LogP contribution in [0, 0.1) is 12.3 Å². The molecular formula is C14H15ClN2O4. The Morgan fingerprint density at radius 3 is 2.71 bits per heavy atom. The minimum absolute atomic E-state index is 0.0887. The van der Waals surface area contributed by atoms with Crippen molar-refractivity contribution in [1.29, 1.82) is 0 Å². The van der Waals surface area contributed by atoms with Crippen LogP contribution in [0.5, 0.6) is 5.75 Å². The van der Waals surface area contributed by atoms with Crippen LogP contribution in [0.4, 0.5) is 10.5 Å². The van der Waals surface area contributed by atoms with Gasteiger partial charge in [-0.25, -0.2) is 9.59 Å². The number of anilines is 1. The summed E-state index contributed by atoms with van der Waals surface area (Å²) in [6, 6.07) is 1.86. The van der Waals surface area contributed by atoms with Crippen molar-refractivity contribution in [2.75, 3.05) is 12.4 Å². The van der Waals surface area contributed by atoms with Crippen LogP contribution in [0.15, 0.2) is 12.1 Å². The fourth-order valence-corrected chi connectivity index (χ4v) is 1.81. The Labute approximate surface area is 127 Å². The number of rotatable bonds is 5. The van der Waals surface area contributed by atoms with Crippen LogP contribution in [0.3, 0.4) is 0 Å². The molecule has 112 valence electrons. The molecule has 0 aliphatic rings. The van der Waals surface area contributed by atoms with Crippen molar-refractivity contribution in [3.63, 3.8) is 0 Å². The van der Waals surface area contributed by atoms with Crippen molar-refractivity contribution >= 4 is 29.3 Å². The summed E-state index contributed by atoms with van der Waals surface area (Å²) in [6.07, 6.45) is 5.54. The van der Waals surface area contributed by atoms with E-state index in [0.717, 1.165) is 0 Å². The second-order valence-corrected chi connectivity index (χ2v) is 4.65. The topological polar surface area (TPSA) is 87.7 Å². The van der Waals surface area contributed by atoms with Gasteiger partial charge in [-0.3, -0.25) is 0 Å². The highest BCUT2D eigenvalue weighted by Gasteiger charge is 2.16. The number of halogens is 1. The van der Waals surface area contributed by atoms with Gasteiger partial charge in [-0.15, -0.1) is 12.3 Å². The van der Waals surface area contributed by atoms with Crippen LogP contribution >= 0.6 is 11.6 Å². The van der Waals surface area contributed by atoms with Gasteiger partial charge < -0.3 is 20.5 Å². The maximum atomic E-state index is 11.8. The number of nitrogens with one attached hydrogen (secondary N) is 2.